The third kappa shape index (κ3) is 7.43. The van der Waals surface area contributed by atoms with Gasteiger partial charge in [-0.05, 0) is 63.7 Å². The predicted molar refractivity (Wildman–Crippen MR) is 119 cm³/mol. The number of rotatable bonds is 10. The van der Waals surface area contributed by atoms with Crippen LogP contribution in [0.3, 0.4) is 0 Å². The lowest BCUT2D eigenvalue weighted by atomic mass is 9.92. The Balaban J connectivity index is 1.67. The Labute approximate surface area is 174 Å². The number of nitrogens with zero attached hydrogens (tertiary/aromatic N) is 2. The number of amides is 1. The van der Waals surface area contributed by atoms with Crippen molar-refractivity contribution in [3.8, 4) is 0 Å². The summed E-state index contributed by atoms with van der Waals surface area (Å²) in [4.78, 5) is 19.9. The van der Waals surface area contributed by atoms with Crippen LogP contribution in [0.2, 0.25) is 0 Å². The first-order valence-electron chi connectivity index (χ1n) is 10.5. The number of likely N-dealkylation sites (tertiary alicyclic amines) is 1. The van der Waals surface area contributed by atoms with Gasteiger partial charge in [-0.25, -0.2) is 0 Å². The van der Waals surface area contributed by atoms with Gasteiger partial charge in [-0.2, -0.15) is 0 Å². The van der Waals surface area contributed by atoms with Crippen LogP contribution in [0.15, 0.2) is 22.5 Å². The van der Waals surface area contributed by atoms with Gasteiger partial charge in [0.15, 0.2) is 5.96 Å². The molecule has 1 aromatic heterocycles. The molecule has 0 aromatic carbocycles. The molecule has 0 bridgehead atoms. The molecule has 1 fully saturated rings. The zero-order chi connectivity index (χ0) is 20.4. The van der Waals surface area contributed by atoms with Gasteiger partial charge < -0.3 is 21.3 Å². The molecule has 2 heterocycles. The van der Waals surface area contributed by atoms with E-state index in [1.54, 1.807) is 11.3 Å². The first kappa shape index (κ1) is 22.7. The Kier molecular flexibility index (Phi) is 9.25. The van der Waals surface area contributed by atoms with Gasteiger partial charge in [-0.3, -0.25) is 9.79 Å². The summed E-state index contributed by atoms with van der Waals surface area (Å²) in [5, 5.41) is 8.93. The van der Waals surface area contributed by atoms with Crippen LogP contribution < -0.4 is 16.4 Å². The maximum Gasteiger partial charge on any atom is 0.220 e. The molecule has 28 heavy (non-hydrogen) atoms. The summed E-state index contributed by atoms with van der Waals surface area (Å²) in [5.74, 6) is 0.839. The molecule has 6 nitrogen and oxygen atoms in total. The molecular formula is C21H37N5OS. The van der Waals surface area contributed by atoms with E-state index in [1.807, 2.05) is 0 Å². The van der Waals surface area contributed by atoms with Crippen molar-refractivity contribution in [3.63, 3.8) is 0 Å². The maximum absolute atomic E-state index is 11.2. The molecule has 0 unspecified atom stereocenters. The number of hydrogen-bond donors (Lipinski definition) is 3. The number of nitrogens with one attached hydrogen (secondary N) is 2. The van der Waals surface area contributed by atoms with Crippen molar-refractivity contribution in [2.45, 2.75) is 51.9 Å². The molecular weight excluding hydrogens is 370 g/mol. The van der Waals surface area contributed by atoms with Gasteiger partial charge in [0, 0.05) is 29.3 Å². The maximum atomic E-state index is 11.2. The molecule has 1 amide bonds. The number of carbonyl (C=O) groups excluding carboxylic acids is 1. The van der Waals surface area contributed by atoms with Gasteiger partial charge >= 0.3 is 0 Å². The zero-order valence-electron chi connectivity index (χ0n) is 17.7. The first-order valence-corrected chi connectivity index (χ1v) is 11.4. The second kappa shape index (κ2) is 11.4. The van der Waals surface area contributed by atoms with Crippen molar-refractivity contribution >= 4 is 23.2 Å². The van der Waals surface area contributed by atoms with Crippen LogP contribution in [0.25, 0.3) is 0 Å². The molecule has 0 saturated carbocycles. The van der Waals surface area contributed by atoms with Crippen molar-refractivity contribution < 1.29 is 4.79 Å². The van der Waals surface area contributed by atoms with Crippen LogP contribution in [0.1, 0.15) is 51.3 Å². The fraction of sp³-hybridized carbons (Fsp3) is 0.714. The Bertz CT molecular complexity index is 606. The summed E-state index contributed by atoms with van der Waals surface area (Å²) >= 11 is 1.79. The van der Waals surface area contributed by atoms with Gasteiger partial charge in [-0.15, -0.1) is 11.3 Å². The van der Waals surface area contributed by atoms with Crippen molar-refractivity contribution in [3.05, 3.63) is 22.4 Å². The number of carbonyl (C=O) groups is 1. The summed E-state index contributed by atoms with van der Waals surface area (Å²) in [5.41, 5.74) is 5.45. The Hall–Kier alpha value is -1.60. The number of unbranched alkanes of at least 4 members (excludes halogenated alkanes) is 1. The predicted octanol–water partition coefficient (Wildman–Crippen LogP) is 2.56. The minimum Gasteiger partial charge on any atom is -0.369 e. The topological polar surface area (TPSA) is 82.8 Å². The normalized spacial score (nSPS) is 16.9. The highest BCUT2D eigenvalue weighted by Gasteiger charge is 2.23. The summed E-state index contributed by atoms with van der Waals surface area (Å²) in [6, 6.07) is 4.29. The van der Waals surface area contributed by atoms with Crippen molar-refractivity contribution in [1.29, 1.82) is 0 Å². The van der Waals surface area contributed by atoms with E-state index in [0.29, 0.717) is 0 Å². The number of primary amides is 1. The van der Waals surface area contributed by atoms with Gasteiger partial charge in [0.05, 0.1) is 6.54 Å². The van der Waals surface area contributed by atoms with Crippen LogP contribution in [-0.4, -0.2) is 56.0 Å². The number of nitrogens with two attached hydrogens (primary N) is 1. The summed E-state index contributed by atoms with van der Waals surface area (Å²) in [6.45, 7) is 12.2. The minimum atomic E-state index is -0.138. The molecule has 1 aliphatic heterocycles. The van der Waals surface area contributed by atoms with Crippen LogP contribution in [0, 0.1) is 5.92 Å². The fourth-order valence-electron chi connectivity index (χ4n) is 3.47. The molecule has 1 aliphatic rings. The highest BCUT2D eigenvalue weighted by molar-refractivity contribution is 7.10. The Morgan fingerprint density at radius 1 is 1.32 bits per heavy atom. The van der Waals surface area contributed by atoms with E-state index in [0.717, 1.165) is 70.9 Å². The minimum absolute atomic E-state index is 0.0492. The summed E-state index contributed by atoms with van der Waals surface area (Å²) in [7, 11) is 0. The van der Waals surface area contributed by atoms with Gasteiger partial charge in [-0.1, -0.05) is 19.9 Å². The summed E-state index contributed by atoms with van der Waals surface area (Å²) < 4.78 is 0. The molecule has 0 radical (unpaired) electrons. The third-order valence-electron chi connectivity index (χ3n) is 5.35. The second-order valence-electron chi connectivity index (χ2n) is 8.21. The van der Waals surface area contributed by atoms with Crippen molar-refractivity contribution in [2.75, 3.05) is 39.3 Å². The molecule has 0 atom stereocenters. The molecule has 158 valence electrons. The molecule has 4 N–H and O–H groups in total. The van der Waals surface area contributed by atoms with E-state index in [-0.39, 0.29) is 17.2 Å². The average Bonchev–Trinajstić information content (AvgIpc) is 3.22. The van der Waals surface area contributed by atoms with E-state index in [4.69, 9.17) is 10.7 Å². The van der Waals surface area contributed by atoms with Crippen LogP contribution >= 0.6 is 11.3 Å². The molecule has 0 aliphatic carbocycles. The van der Waals surface area contributed by atoms with E-state index >= 15 is 0 Å². The van der Waals surface area contributed by atoms with Crippen LogP contribution in [0.4, 0.5) is 0 Å². The van der Waals surface area contributed by atoms with E-state index in [2.05, 4.69) is 53.8 Å². The SMILES string of the molecule is CCNC(=NCC(C)(C)c1cccs1)NCCCCN1CCC(C(N)=O)CC1. The molecule has 2 rings (SSSR count). The second-order valence-corrected chi connectivity index (χ2v) is 9.16. The highest BCUT2D eigenvalue weighted by atomic mass is 32.1. The van der Waals surface area contributed by atoms with E-state index < -0.39 is 0 Å². The lowest BCUT2D eigenvalue weighted by Crippen LogP contribution is -2.40. The molecule has 0 spiro atoms. The summed E-state index contributed by atoms with van der Waals surface area (Å²) in [6.07, 6.45) is 4.07. The number of hydrogen-bond acceptors (Lipinski definition) is 4. The van der Waals surface area contributed by atoms with E-state index in [1.165, 1.54) is 4.88 Å². The Morgan fingerprint density at radius 3 is 2.68 bits per heavy atom. The Morgan fingerprint density at radius 2 is 2.07 bits per heavy atom. The zero-order valence-corrected chi connectivity index (χ0v) is 18.5. The third-order valence-corrected chi connectivity index (χ3v) is 6.58. The monoisotopic (exact) mass is 407 g/mol. The van der Waals surface area contributed by atoms with Gasteiger partial charge in [0.1, 0.15) is 0 Å². The standard InChI is InChI=1S/C21H37N5OS/c1-4-23-20(25-16-21(2,3)18-8-7-15-28-18)24-11-5-6-12-26-13-9-17(10-14-26)19(22)27/h7-8,15,17H,4-6,9-14,16H2,1-3H3,(H2,22,27)(H2,23,24,25). The number of aliphatic imine (C=N–C) groups is 1. The number of guanidine groups is 1. The molecule has 7 heteroatoms. The number of piperidine rings is 1. The van der Waals surface area contributed by atoms with E-state index in [9.17, 15) is 4.79 Å². The fourth-order valence-corrected chi connectivity index (χ4v) is 4.31. The highest BCUT2D eigenvalue weighted by Crippen LogP contribution is 2.27. The lowest BCUT2D eigenvalue weighted by Gasteiger charge is -2.30. The van der Waals surface area contributed by atoms with Crippen molar-refractivity contribution in [2.24, 2.45) is 16.6 Å². The first-order chi connectivity index (χ1) is 13.4. The molecule has 1 aromatic rings. The average molecular weight is 408 g/mol. The quantitative estimate of drug-likeness (QED) is 0.316. The van der Waals surface area contributed by atoms with Gasteiger partial charge in [0.25, 0.3) is 0 Å². The number of thiophene rings is 1. The van der Waals surface area contributed by atoms with Crippen LogP contribution in [0.5, 0.6) is 0 Å². The smallest absolute Gasteiger partial charge is 0.220 e. The van der Waals surface area contributed by atoms with Crippen LogP contribution in [-0.2, 0) is 10.2 Å². The van der Waals surface area contributed by atoms with Gasteiger partial charge in [0.2, 0.25) is 5.91 Å². The lowest BCUT2D eigenvalue weighted by molar-refractivity contribution is -0.123. The van der Waals surface area contributed by atoms with Crippen molar-refractivity contribution in [1.82, 2.24) is 15.5 Å². The largest absolute Gasteiger partial charge is 0.369 e. The molecule has 1 saturated heterocycles.